The van der Waals surface area contributed by atoms with Gasteiger partial charge < -0.3 is 10.2 Å². The zero-order valence-electron chi connectivity index (χ0n) is 11.8. The maximum atomic E-state index is 4.64. The van der Waals surface area contributed by atoms with Gasteiger partial charge >= 0.3 is 0 Å². The van der Waals surface area contributed by atoms with Gasteiger partial charge in [0.1, 0.15) is 0 Å². The summed E-state index contributed by atoms with van der Waals surface area (Å²) < 4.78 is 0. The van der Waals surface area contributed by atoms with Crippen LogP contribution in [0.25, 0.3) is 0 Å². The van der Waals surface area contributed by atoms with Crippen molar-refractivity contribution in [3.63, 3.8) is 0 Å². The van der Waals surface area contributed by atoms with Crippen LogP contribution < -0.4 is 5.32 Å². The first-order chi connectivity index (χ1) is 8.72. The lowest BCUT2D eigenvalue weighted by Crippen LogP contribution is -2.37. The Labute approximate surface area is 111 Å². The van der Waals surface area contributed by atoms with E-state index in [2.05, 4.69) is 48.5 Å². The molecule has 1 heterocycles. The third-order valence-corrected chi connectivity index (χ3v) is 3.98. The van der Waals surface area contributed by atoms with E-state index in [1.54, 1.807) is 0 Å². The van der Waals surface area contributed by atoms with Crippen LogP contribution in [0.15, 0.2) is 18.3 Å². The Bertz CT molecular complexity index is 376. The number of aryl methyl sites for hydroxylation is 1. The van der Waals surface area contributed by atoms with Gasteiger partial charge in [-0.05, 0) is 65.0 Å². The first-order valence-corrected chi connectivity index (χ1v) is 6.98. The summed E-state index contributed by atoms with van der Waals surface area (Å²) in [4.78, 5) is 6.90. The Morgan fingerprint density at radius 1 is 1.50 bits per heavy atom. The average molecular weight is 247 g/mol. The fourth-order valence-electron chi connectivity index (χ4n) is 2.98. The Balaban J connectivity index is 2.12. The van der Waals surface area contributed by atoms with Crippen LogP contribution in [0.4, 0.5) is 0 Å². The molecule has 100 valence electrons. The molecule has 0 amide bonds. The standard InChI is InChI=1S/C15H25N3/c1-16-14(9-11-18(2)3)13-8-4-6-12-7-5-10-17-15(12)13/h5,7,10,13-14,16H,4,6,8-9,11H2,1-3H3. The van der Waals surface area contributed by atoms with E-state index in [4.69, 9.17) is 0 Å². The van der Waals surface area contributed by atoms with Gasteiger partial charge in [-0.25, -0.2) is 0 Å². The van der Waals surface area contributed by atoms with Crippen molar-refractivity contribution in [2.45, 2.75) is 37.6 Å². The molecule has 0 aromatic carbocycles. The van der Waals surface area contributed by atoms with Crippen molar-refractivity contribution < 1.29 is 0 Å². The maximum Gasteiger partial charge on any atom is 0.0481 e. The van der Waals surface area contributed by atoms with Crippen LogP contribution in [-0.4, -0.2) is 43.6 Å². The fourth-order valence-corrected chi connectivity index (χ4v) is 2.98. The molecule has 3 heteroatoms. The number of aromatic nitrogens is 1. The van der Waals surface area contributed by atoms with Gasteiger partial charge in [-0.1, -0.05) is 6.07 Å². The van der Waals surface area contributed by atoms with E-state index in [1.807, 2.05) is 6.20 Å². The van der Waals surface area contributed by atoms with Crippen LogP contribution in [0.5, 0.6) is 0 Å². The number of rotatable bonds is 5. The monoisotopic (exact) mass is 247 g/mol. The number of likely N-dealkylation sites (N-methyl/N-ethyl adjacent to an activating group) is 1. The molecule has 0 bridgehead atoms. The molecule has 0 aliphatic heterocycles. The largest absolute Gasteiger partial charge is 0.316 e. The third kappa shape index (κ3) is 3.09. The predicted octanol–water partition coefficient (Wildman–Crippen LogP) is 2.04. The minimum Gasteiger partial charge on any atom is -0.316 e. The second-order valence-corrected chi connectivity index (χ2v) is 5.53. The highest BCUT2D eigenvalue weighted by atomic mass is 15.1. The summed E-state index contributed by atoms with van der Waals surface area (Å²) in [7, 11) is 6.36. The molecule has 18 heavy (non-hydrogen) atoms. The Morgan fingerprint density at radius 2 is 2.33 bits per heavy atom. The maximum absolute atomic E-state index is 4.64. The van der Waals surface area contributed by atoms with E-state index in [0.29, 0.717) is 12.0 Å². The summed E-state index contributed by atoms with van der Waals surface area (Å²) in [6.45, 7) is 1.13. The van der Waals surface area contributed by atoms with Crippen molar-refractivity contribution in [3.8, 4) is 0 Å². The topological polar surface area (TPSA) is 28.2 Å². The van der Waals surface area contributed by atoms with Crippen molar-refractivity contribution in [2.75, 3.05) is 27.7 Å². The SMILES string of the molecule is CNC(CCN(C)C)C1CCCc2cccnc21. The summed E-state index contributed by atoms with van der Waals surface area (Å²) in [5.74, 6) is 0.583. The molecule has 0 spiro atoms. The van der Waals surface area contributed by atoms with E-state index in [9.17, 15) is 0 Å². The molecule has 1 N–H and O–H groups in total. The van der Waals surface area contributed by atoms with Crippen molar-refractivity contribution >= 4 is 0 Å². The first-order valence-electron chi connectivity index (χ1n) is 6.98. The molecule has 2 rings (SSSR count). The van der Waals surface area contributed by atoms with Crippen molar-refractivity contribution in [2.24, 2.45) is 0 Å². The molecule has 2 unspecified atom stereocenters. The Morgan fingerprint density at radius 3 is 3.06 bits per heavy atom. The quantitative estimate of drug-likeness (QED) is 0.863. The predicted molar refractivity (Wildman–Crippen MR) is 75.9 cm³/mol. The molecule has 1 aliphatic rings. The molecule has 3 nitrogen and oxygen atoms in total. The lowest BCUT2D eigenvalue weighted by molar-refractivity contribution is 0.324. The van der Waals surface area contributed by atoms with Crippen LogP contribution in [-0.2, 0) is 6.42 Å². The van der Waals surface area contributed by atoms with Crippen molar-refractivity contribution in [1.82, 2.24) is 15.2 Å². The van der Waals surface area contributed by atoms with E-state index in [1.165, 1.54) is 36.9 Å². The minimum absolute atomic E-state index is 0.543. The Hall–Kier alpha value is -0.930. The van der Waals surface area contributed by atoms with Gasteiger partial charge in [-0.3, -0.25) is 4.98 Å². The molecular formula is C15H25N3. The van der Waals surface area contributed by atoms with Gasteiger partial charge in [0.25, 0.3) is 0 Å². The van der Waals surface area contributed by atoms with E-state index >= 15 is 0 Å². The second kappa shape index (κ2) is 6.30. The van der Waals surface area contributed by atoms with Crippen LogP contribution in [0.1, 0.15) is 36.4 Å². The lowest BCUT2D eigenvalue weighted by atomic mass is 9.81. The van der Waals surface area contributed by atoms with Crippen LogP contribution >= 0.6 is 0 Å². The molecule has 0 saturated carbocycles. The molecular weight excluding hydrogens is 222 g/mol. The molecule has 0 fully saturated rings. The molecule has 1 aromatic heterocycles. The van der Waals surface area contributed by atoms with Crippen molar-refractivity contribution in [1.29, 1.82) is 0 Å². The van der Waals surface area contributed by atoms with E-state index in [0.717, 1.165) is 6.54 Å². The summed E-state index contributed by atoms with van der Waals surface area (Å²) in [5.41, 5.74) is 2.79. The lowest BCUT2D eigenvalue weighted by Gasteiger charge is -2.32. The summed E-state index contributed by atoms with van der Waals surface area (Å²) in [6, 6.07) is 4.85. The highest BCUT2D eigenvalue weighted by Crippen LogP contribution is 2.33. The number of hydrogen-bond donors (Lipinski definition) is 1. The highest BCUT2D eigenvalue weighted by Gasteiger charge is 2.27. The summed E-state index contributed by atoms with van der Waals surface area (Å²) in [5, 5.41) is 3.50. The van der Waals surface area contributed by atoms with Gasteiger partial charge in [0.2, 0.25) is 0 Å². The van der Waals surface area contributed by atoms with Gasteiger partial charge in [-0.15, -0.1) is 0 Å². The van der Waals surface area contributed by atoms with Crippen LogP contribution in [0, 0.1) is 0 Å². The smallest absolute Gasteiger partial charge is 0.0481 e. The number of pyridine rings is 1. The third-order valence-electron chi connectivity index (χ3n) is 3.98. The number of nitrogens with zero attached hydrogens (tertiary/aromatic N) is 2. The number of fused-ring (bicyclic) bond motifs is 1. The average Bonchev–Trinajstić information content (AvgIpc) is 2.39. The first kappa shape index (κ1) is 13.5. The number of hydrogen-bond acceptors (Lipinski definition) is 3. The van der Waals surface area contributed by atoms with Gasteiger partial charge in [-0.2, -0.15) is 0 Å². The highest BCUT2D eigenvalue weighted by molar-refractivity contribution is 5.27. The molecule has 2 atom stereocenters. The minimum atomic E-state index is 0.543. The normalized spacial score (nSPS) is 20.8. The molecule has 0 saturated heterocycles. The zero-order chi connectivity index (χ0) is 13.0. The Kier molecular flexibility index (Phi) is 4.72. The molecule has 1 aromatic rings. The molecule has 0 radical (unpaired) electrons. The van der Waals surface area contributed by atoms with Crippen LogP contribution in [0.3, 0.4) is 0 Å². The van der Waals surface area contributed by atoms with Gasteiger partial charge in [0.05, 0.1) is 0 Å². The van der Waals surface area contributed by atoms with E-state index in [-0.39, 0.29) is 0 Å². The van der Waals surface area contributed by atoms with Crippen LogP contribution in [0.2, 0.25) is 0 Å². The summed E-state index contributed by atoms with van der Waals surface area (Å²) in [6.07, 6.45) is 6.89. The zero-order valence-corrected chi connectivity index (χ0v) is 11.8. The molecule has 1 aliphatic carbocycles. The second-order valence-electron chi connectivity index (χ2n) is 5.53. The van der Waals surface area contributed by atoms with Gasteiger partial charge in [0.15, 0.2) is 0 Å². The van der Waals surface area contributed by atoms with Gasteiger partial charge in [0, 0.05) is 23.9 Å². The summed E-state index contributed by atoms with van der Waals surface area (Å²) >= 11 is 0. The van der Waals surface area contributed by atoms with Crippen molar-refractivity contribution in [3.05, 3.63) is 29.6 Å². The number of nitrogens with one attached hydrogen (secondary N) is 1. The van der Waals surface area contributed by atoms with E-state index < -0.39 is 0 Å². The fraction of sp³-hybridized carbons (Fsp3) is 0.667.